The first-order valence-corrected chi connectivity index (χ1v) is 8.38. The van der Waals surface area contributed by atoms with Crippen molar-refractivity contribution in [1.29, 1.82) is 0 Å². The van der Waals surface area contributed by atoms with E-state index in [9.17, 15) is 4.79 Å². The van der Waals surface area contributed by atoms with Crippen LogP contribution in [0.15, 0.2) is 78.9 Å². The maximum absolute atomic E-state index is 13.3. The van der Waals surface area contributed by atoms with E-state index in [0.717, 1.165) is 34.5 Å². The highest BCUT2D eigenvalue weighted by molar-refractivity contribution is 6.08. The minimum Gasteiger partial charge on any atom is -0.497 e. The highest BCUT2D eigenvalue weighted by Crippen LogP contribution is 2.37. The van der Waals surface area contributed by atoms with Crippen LogP contribution >= 0.6 is 0 Å². The Labute approximate surface area is 147 Å². The van der Waals surface area contributed by atoms with E-state index in [1.807, 2.05) is 65.6 Å². The van der Waals surface area contributed by atoms with Crippen molar-refractivity contribution in [3.05, 3.63) is 95.6 Å². The highest BCUT2D eigenvalue weighted by atomic mass is 16.5. The number of anilines is 1. The van der Waals surface area contributed by atoms with Gasteiger partial charge in [0.25, 0.3) is 5.91 Å². The summed E-state index contributed by atoms with van der Waals surface area (Å²) in [5, 5.41) is 0. The smallest absolute Gasteiger partial charge is 0.259 e. The molecular formula is C22H19NO2. The summed E-state index contributed by atoms with van der Waals surface area (Å²) in [6.07, 6.45) is 0.804. The average molecular weight is 329 g/mol. The molecule has 3 nitrogen and oxygen atoms in total. The fourth-order valence-electron chi connectivity index (χ4n) is 3.46. The van der Waals surface area contributed by atoms with Crippen molar-refractivity contribution < 1.29 is 9.53 Å². The molecule has 0 fully saturated rings. The van der Waals surface area contributed by atoms with E-state index in [2.05, 4.69) is 18.2 Å². The zero-order valence-electron chi connectivity index (χ0n) is 14.1. The van der Waals surface area contributed by atoms with Gasteiger partial charge in [0, 0.05) is 11.3 Å². The third-order valence-electron chi connectivity index (χ3n) is 4.73. The van der Waals surface area contributed by atoms with Crippen LogP contribution in [0.3, 0.4) is 0 Å². The van der Waals surface area contributed by atoms with Crippen LogP contribution in [0.1, 0.15) is 27.5 Å². The molecular weight excluding hydrogens is 310 g/mol. The summed E-state index contributed by atoms with van der Waals surface area (Å²) in [7, 11) is 1.64. The van der Waals surface area contributed by atoms with Gasteiger partial charge in [0.15, 0.2) is 0 Å². The van der Waals surface area contributed by atoms with Crippen LogP contribution < -0.4 is 9.64 Å². The number of rotatable bonds is 3. The Hall–Kier alpha value is -3.07. The number of ether oxygens (including phenoxy) is 1. The molecule has 124 valence electrons. The van der Waals surface area contributed by atoms with Crippen LogP contribution in [-0.4, -0.2) is 13.0 Å². The first kappa shape index (κ1) is 15.5. The van der Waals surface area contributed by atoms with E-state index in [4.69, 9.17) is 4.74 Å². The van der Waals surface area contributed by atoms with E-state index < -0.39 is 0 Å². The lowest BCUT2D eigenvalue weighted by Crippen LogP contribution is -2.40. The maximum atomic E-state index is 13.3. The molecule has 0 saturated heterocycles. The van der Waals surface area contributed by atoms with Crippen molar-refractivity contribution in [1.82, 2.24) is 0 Å². The van der Waals surface area contributed by atoms with Gasteiger partial charge >= 0.3 is 0 Å². The van der Waals surface area contributed by atoms with Gasteiger partial charge in [-0.15, -0.1) is 0 Å². The molecule has 0 N–H and O–H groups in total. The third-order valence-corrected chi connectivity index (χ3v) is 4.73. The summed E-state index contributed by atoms with van der Waals surface area (Å²) >= 11 is 0. The van der Waals surface area contributed by atoms with Crippen LogP contribution in [0.5, 0.6) is 5.75 Å². The number of carbonyl (C=O) groups is 1. The molecule has 3 heteroatoms. The third kappa shape index (κ3) is 2.78. The van der Waals surface area contributed by atoms with Crippen molar-refractivity contribution in [3.63, 3.8) is 0 Å². The predicted octanol–water partition coefficient (Wildman–Crippen LogP) is 4.64. The topological polar surface area (TPSA) is 29.5 Å². The first-order chi connectivity index (χ1) is 12.3. The number of carbonyl (C=O) groups excluding carboxylic acids is 1. The van der Waals surface area contributed by atoms with E-state index >= 15 is 0 Å². The number of nitrogens with zero attached hydrogens (tertiary/aromatic N) is 1. The average Bonchev–Trinajstić information content (AvgIpc) is 2.69. The van der Waals surface area contributed by atoms with Crippen LogP contribution in [0.2, 0.25) is 0 Å². The normalized spacial score (nSPS) is 16.4. The van der Waals surface area contributed by atoms with Gasteiger partial charge in [-0.2, -0.15) is 0 Å². The minimum atomic E-state index is -0.0167. The maximum Gasteiger partial charge on any atom is 0.259 e. The molecule has 3 aromatic carbocycles. The Morgan fingerprint density at radius 2 is 1.56 bits per heavy atom. The second-order valence-corrected chi connectivity index (χ2v) is 6.16. The number of hydrogen-bond donors (Lipinski definition) is 0. The summed E-state index contributed by atoms with van der Waals surface area (Å²) in [6, 6.07) is 25.8. The van der Waals surface area contributed by atoms with Crippen molar-refractivity contribution >= 4 is 11.6 Å². The molecule has 1 aliphatic rings. The molecule has 25 heavy (non-hydrogen) atoms. The Morgan fingerprint density at radius 1 is 0.880 bits per heavy atom. The van der Waals surface area contributed by atoms with Crippen LogP contribution in [0, 0.1) is 0 Å². The van der Waals surface area contributed by atoms with E-state index in [0.29, 0.717) is 0 Å². The van der Waals surface area contributed by atoms with Crippen LogP contribution in [0.4, 0.5) is 5.69 Å². The molecule has 0 aliphatic carbocycles. The lowest BCUT2D eigenvalue weighted by molar-refractivity contribution is 0.0967. The summed E-state index contributed by atoms with van der Waals surface area (Å²) in [5.74, 6) is 0.825. The second-order valence-electron chi connectivity index (χ2n) is 6.16. The van der Waals surface area contributed by atoms with Crippen molar-refractivity contribution in [3.8, 4) is 5.75 Å². The predicted molar refractivity (Wildman–Crippen MR) is 99.1 cm³/mol. The Kier molecular flexibility index (Phi) is 3.98. The molecule has 1 heterocycles. The zero-order chi connectivity index (χ0) is 17.2. The number of fused-ring (bicyclic) bond motifs is 1. The van der Waals surface area contributed by atoms with Crippen molar-refractivity contribution in [2.45, 2.75) is 12.5 Å². The lowest BCUT2D eigenvalue weighted by atomic mass is 9.89. The largest absolute Gasteiger partial charge is 0.497 e. The van der Waals surface area contributed by atoms with Gasteiger partial charge in [-0.3, -0.25) is 4.79 Å². The first-order valence-electron chi connectivity index (χ1n) is 8.38. The Balaban J connectivity index is 1.83. The molecule has 1 aliphatic heterocycles. The summed E-state index contributed by atoms with van der Waals surface area (Å²) in [4.78, 5) is 15.1. The summed E-state index contributed by atoms with van der Waals surface area (Å²) in [6.45, 7) is 0. The number of benzene rings is 3. The molecule has 0 bridgehead atoms. The monoisotopic (exact) mass is 329 g/mol. The second kappa shape index (κ2) is 6.44. The highest BCUT2D eigenvalue weighted by Gasteiger charge is 2.34. The van der Waals surface area contributed by atoms with E-state index in [-0.39, 0.29) is 11.9 Å². The van der Waals surface area contributed by atoms with Gasteiger partial charge in [0.2, 0.25) is 0 Å². The molecule has 0 spiro atoms. The number of hydrogen-bond acceptors (Lipinski definition) is 2. The Morgan fingerprint density at radius 3 is 2.28 bits per heavy atom. The van der Waals surface area contributed by atoms with E-state index in [1.165, 1.54) is 0 Å². The molecule has 1 unspecified atom stereocenters. The van der Waals surface area contributed by atoms with E-state index in [1.54, 1.807) is 7.11 Å². The zero-order valence-corrected chi connectivity index (χ0v) is 14.1. The summed E-state index contributed by atoms with van der Waals surface area (Å²) in [5.41, 5.74) is 3.91. The molecule has 0 aromatic heterocycles. The molecule has 0 radical (unpaired) electrons. The quantitative estimate of drug-likeness (QED) is 0.700. The van der Waals surface area contributed by atoms with Gasteiger partial charge in [0.1, 0.15) is 5.75 Å². The fraction of sp³-hybridized carbons (Fsp3) is 0.136. The minimum absolute atomic E-state index is 0.0167. The molecule has 4 rings (SSSR count). The van der Waals surface area contributed by atoms with Gasteiger partial charge in [-0.1, -0.05) is 48.5 Å². The summed E-state index contributed by atoms with van der Waals surface area (Å²) < 4.78 is 5.25. The van der Waals surface area contributed by atoms with Gasteiger partial charge in [-0.25, -0.2) is 0 Å². The van der Waals surface area contributed by atoms with Gasteiger partial charge in [0.05, 0.1) is 13.2 Å². The number of methoxy groups -OCH3 is 1. The molecule has 1 amide bonds. The van der Waals surface area contributed by atoms with Crippen molar-refractivity contribution in [2.24, 2.45) is 0 Å². The lowest BCUT2D eigenvalue weighted by Gasteiger charge is -2.37. The molecule has 1 atom stereocenters. The number of amides is 1. The van der Waals surface area contributed by atoms with Crippen LogP contribution in [0.25, 0.3) is 0 Å². The van der Waals surface area contributed by atoms with Gasteiger partial charge < -0.3 is 9.64 Å². The van der Waals surface area contributed by atoms with Crippen LogP contribution in [-0.2, 0) is 6.42 Å². The molecule has 0 saturated carbocycles. The standard InChI is InChI=1S/C22H19NO2/c1-25-19-13-11-18(12-14-19)23-21(16-7-3-2-4-8-16)15-17-9-5-6-10-20(17)22(23)24/h2-14,21H,15H2,1H3. The Bertz CT molecular complexity index is 887. The van der Waals surface area contributed by atoms with Gasteiger partial charge in [-0.05, 0) is 47.9 Å². The fourth-order valence-corrected chi connectivity index (χ4v) is 3.46. The SMILES string of the molecule is COc1ccc(N2C(=O)c3ccccc3CC2c2ccccc2)cc1. The van der Waals surface area contributed by atoms with Crippen molar-refractivity contribution in [2.75, 3.05) is 12.0 Å². The molecule has 3 aromatic rings.